The molecular weight excluding hydrogens is 400 g/mol. The number of halogens is 1. The summed E-state index contributed by atoms with van der Waals surface area (Å²) >= 11 is 3.50. The number of nitrogens with one attached hydrogen (secondary N) is 1. The monoisotopic (exact) mass is 420 g/mol. The smallest absolute Gasteiger partial charge is 0.126 e. The molecule has 27 heavy (non-hydrogen) atoms. The van der Waals surface area contributed by atoms with Gasteiger partial charge in [-0.25, -0.2) is 0 Å². The summed E-state index contributed by atoms with van der Waals surface area (Å²) in [6.45, 7) is 2.08. The Kier molecular flexibility index (Phi) is 5.10. The SMILES string of the molecule is Cc1ccc(C2N=C(c3ccc(Br)cc3)CC(c3ccccc3O)N2)cc1. The summed E-state index contributed by atoms with van der Waals surface area (Å²) in [7, 11) is 0. The zero-order chi connectivity index (χ0) is 18.8. The zero-order valence-electron chi connectivity index (χ0n) is 15.1. The van der Waals surface area contributed by atoms with Crippen molar-refractivity contribution < 1.29 is 5.11 Å². The molecule has 2 unspecified atom stereocenters. The molecule has 0 saturated heterocycles. The van der Waals surface area contributed by atoms with E-state index in [9.17, 15) is 5.11 Å². The van der Waals surface area contributed by atoms with E-state index in [1.807, 2.05) is 30.3 Å². The van der Waals surface area contributed by atoms with E-state index in [4.69, 9.17) is 4.99 Å². The number of phenolic OH excluding ortho intramolecular Hbond substituents is 1. The van der Waals surface area contributed by atoms with Crippen molar-refractivity contribution in [3.63, 3.8) is 0 Å². The fraction of sp³-hybridized carbons (Fsp3) is 0.174. The minimum atomic E-state index is -0.150. The van der Waals surface area contributed by atoms with Crippen LogP contribution in [-0.2, 0) is 0 Å². The second-order valence-electron chi connectivity index (χ2n) is 6.88. The van der Waals surface area contributed by atoms with Crippen LogP contribution in [0.5, 0.6) is 5.75 Å². The molecule has 2 N–H and O–H groups in total. The number of para-hydroxylation sites is 1. The predicted molar refractivity (Wildman–Crippen MR) is 113 cm³/mol. The van der Waals surface area contributed by atoms with Crippen LogP contribution in [0.4, 0.5) is 0 Å². The van der Waals surface area contributed by atoms with Crippen LogP contribution in [0.25, 0.3) is 0 Å². The molecule has 136 valence electrons. The highest BCUT2D eigenvalue weighted by atomic mass is 79.9. The Hall–Kier alpha value is -2.43. The molecule has 0 fully saturated rings. The van der Waals surface area contributed by atoms with Crippen LogP contribution >= 0.6 is 15.9 Å². The third kappa shape index (κ3) is 3.97. The Balaban J connectivity index is 1.75. The van der Waals surface area contributed by atoms with Gasteiger partial charge in [-0.3, -0.25) is 10.3 Å². The molecule has 4 rings (SSSR count). The molecule has 0 spiro atoms. The topological polar surface area (TPSA) is 44.6 Å². The van der Waals surface area contributed by atoms with Gasteiger partial charge in [0.15, 0.2) is 0 Å². The third-order valence-corrected chi connectivity index (χ3v) is 5.45. The average Bonchev–Trinajstić information content (AvgIpc) is 2.69. The van der Waals surface area contributed by atoms with Gasteiger partial charge in [0.05, 0.1) is 0 Å². The molecule has 3 aromatic rings. The van der Waals surface area contributed by atoms with Gasteiger partial charge < -0.3 is 5.11 Å². The number of benzene rings is 3. The first-order valence-electron chi connectivity index (χ1n) is 9.03. The minimum absolute atomic E-state index is 0.00588. The lowest BCUT2D eigenvalue weighted by molar-refractivity contribution is 0.412. The van der Waals surface area contributed by atoms with Crippen molar-refractivity contribution >= 4 is 21.6 Å². The molecule has 1 aliphatic rings. The molecule has 4 heteroatoms. The van der Waals surface area contributed by atoms with Gasteiger partial charge in [0.25, 0.3) is 0 Å². The van der Waals surface area contributed by atoms with Gasteiger partial charge in [0, 0.05) is 28.2 Å². The molecule has 0 aromatic heterocycles. The molecule has 3 aromatic carbocycles. The third-order valence-electron chi connectivity index (χ3n) is 4.92. The van der Waals surface area contributed by atoms with Crippen molar-refractivity contribution in [1.82, 2.24) is 5.32 Å². The Morgan fingerprint density at radius 1 is 0.963 bits per heavy atom. The molecule has 1 heterocycles. The number of aromatic hydroxyl groups is 1. The molecule has 0 bridgehead atoms. The summed E-state index contributed by atoms with van der Waals surface area (Å²) in [5, 5.41) is 14.0. The summed E-state index contributed by atoms with van der Waals surface area (Å²) < 4.78 is 1.05. The Morgan fingerprint density at radius 3 is 2.37 bits per heavy atom. The normalized spacial score (nSPS) is 19.6. The average molecular weight is 421 g/mol. The van der Waals surface area contributed by atoms with E-state index >= 15 is 0 Å². The molecule has 0 amide bonds. The maximum atomic E-state index is 10.4. The molecule has 1 aliphatic heterocycles. The van der Waals surface area contributed by atoms with E-state index in [1.165, 1.54) is 5.56 Å². The van der Waals surface area contributed by atoms with Crippen molar-refractivity contribution in [3.05, 3.63) is 99.5 Å². The minimum Gasteiger partial charge on any atom is -0.508 e. The lowest BCUT2D eigenvalue weighted by atomic mass is 9.93. The number of aliphatic imine (C=N–C) groups is 1. The molecule has 0 saturated carbocycles. The van der Waals surface area contributed by atoms with Gasteiger partial charge in [0.2, 0.25) is 0 Å². The summed E-state index contributed by atoms with van der Waals surface area (Å²) in [6, 6.07) is 24.2. The van der Waals surface area contributed by atoms with Crippen LogP contribution in [-0.4, -0.2) is 10.8 Å². The second kappa shape index (κ2) is 7.67. The van der Waals surface area contributed by atoms with Crippen molar-refractivity contribution in [1.29, 1.82) is 0 Å². The second-order valence-corrected chi connectivity index (χ2v) is 7.79. The lowest BCUT2D eigenvalue weighted by Gasteiger charge is -2.31. The fourth-order valence-corrected chi connectivity index (χ4v) is 3.69. The van der Waals surface area contributed by atoms with Crippen LogP contribution in [0.15, 0.2) is 82.3 Å². The number of hydrogen-bond acceptors (Lipinski definition) is 3. The number of phenols is 1. The van der Waals surface area contributed by atoms with Crippen LogP contribution in [0.3, 0.4) is 0 Å². The first-order chi connectivity index (χ1) is 13.1. The highest BCUT2D eigenvalue weighted by Gasteiger charge is 2.27. The van der Waals surface area contributed by atoms with Crippen LogP contribution in [0, 0.1) is 6.92 Å². The summed E-state index contributed by atoms with van der Waals surface area (Å²) in [5.41, 5.74) is 5.40. The molecule has 3 nitrogen and oxygen atoms in total. The van der Waals surface area contributed by atoms with E-state index in [2.05, 4.69) is 64.6 Å². The van der Waals surface area contributed by atoms with Crippen molar-refractivity contribution in [2.45, 2.75) is 25.6 Å². The van der Waals surface area contributed by atoms with E-state index in [-0.39, 0.29) is 12.2 Å². The standard InChI is InChI=1S/C23H21BrN2O/c1-15-6-8-17(9-7-15)23-25-20(16-10-12-18(24)13-11-16)14-21(26-23)19-4-2-3-5-22(19)27/h2-13,21,23,26-27H,14H2,1H3. The zero-order valence-corrected chi connectivity index (χ0v) is 16.6. The van der Waals surface area contributed by atoms with E-state index in [0.717, 1.165) is 33.3 Å². The first-order valence-corrected chi connectivity index (χ1v) is 9.82. The first kappa shape index (κ1) is 18.0. The van der Waals surface area contributed by atoms with E-state index in [1.54, 1.807) is 6.07 Å². The molecular formula is C23H21BrN2O. The van der Waals surface area contributed by atoms with E-state index in [0.29, 0.717) is 5.75 Å². The molecule has 0 aliphatic carbocycles. The van der Waals surface area contributed by atoms with Crippen molar-refractivity contribution in [3.8, 4) is 5.75 Å². The highest BCUT2D eigenvalue weighted by Crippen LogP contribution is 2.34. The van der Waals surface area contributed by atoms with Crippen molar-refractivity contribution in [2.75, 3.05) is 0 Å². The maximum Gasteiger partial charge on any atom is 0.126 e. The fourth-order valence-electron chi connectivity index (χ4n) is 3.42. The van der Waals surface area contributed by atoms with Gasteiger partial charge in [-0.2, -0.15) is 0 Å². The van der Waals surface area contributed by atoms with Gasteiger partial charge in [0.1, 0.15) is 11.9 Å². The predicted octanol–water partition coefficient (Wildman–Crippen LogP) is 5.69. The maximum absolute atomic E-state index is 10.4. The largest absolute Gasteiger partial charge is 0.508 e. The van der Waals surface area contributed by atoms with E-state index < -0.39 is 0 Å². The Labute approximate surface area is 167 Å². The summed E-state index contributed by atoms with van der Waals surface area (Å²) in [6.07, 6.45) is 0.573. The number of nitrogens with zero attached hydrogens (tertiary/aromatic N) is 1. The van der Waals surface area contributed by atoms with Gasteiger partial charge >= 0.3 is 0 Å². The summed E-state index contributed by atoms with van der Waals surface area (Å²) in [5.74, 6) is 0.315. The molecule has 0 radical (unpaired) electrons. The molecule has 2 atom stereocenters. The van der Waals surface area contributed by atoms with Crippen molar-refractivity contribution in [2.24, 2.45) is 4.99 Å². The quantitative estimate of drug-likeness (QED) is 0.571. The number of rotatable bonds is 3. The van der Waals surface area contributed by atoms with Gasteiger partial charge in [-0.1, -0.05) is 76.1 Å². The number of aryl methyl sites for hydroxylation is 1. The Morgan fingerprint density at radius 2 is 1.67 bits per heavy atom. The van der Waals surface area contributed by atoms with Crippen LogP contribution in [0.2, 0.25) is 0 Å². The van der Waals surface area contributed by atoms with Gasteiger partial charge in [-0.15, -0.1) is 0 Å². The van der Waals surface area contributed by atoms with Crippen LogP contribution in [0.1, 0.15) is 40.9 Å². The van der Waals surface area contributed by atoms with Crippen LogP contribution < -0.4 is 5.32 Å². The number of hydrogen-bond donors (Lipinski definition) is 2. The Bertz CT molecular complexity index is 964. The lowest BCUT2D eigenvalue weighted by Crippen LogP contribution is -2.33. The highest BCUT2D eigenvalue weighted by molar-refractivity contribution is 9.10. The van der Waals surface area contributed by atoms with Gasteiger partial charge in [-0.05, 0) is 36.2 Å². The summed E-state index contributed by atoms with van der Waals surface area (Å²) in [4.78, 5) is 5.00.